The van der Waals surface area contributed by atoms with Crippen LogP contribution in [-0.4, -0.2) is 19.1 Å². The predicted molar refractivity (Wildman–Crippen MR) is 112 cm³/mol. The van der Waals surface area contributed by atoms with Gasteiger partial charge in [-0.3, -0.25) is 4.79 Å². The summed E-state index contributed by atoms with van der Waals surface area (Å²) in [6.45, 7) is 1.18. The van der Waals surface area contributed by atoms with Gasteiger partial charge in [-0.1, -0.05) is 54.6 Å². The van der Waals surface area contributed by atoms with Crippen molar-refractivity contribution in [3.8, 4) is 22.6 Å². The molecule has 0 saturated carbocycles. The van der Waals surface area contributed by atoms with Crippen LogP contribution in [0.15, 0.2) is 66.7 Å². The van der Waals surface area contributed by atoms with Gasteiger partial charge in [-0.15, -0.1) is 0 Å². The Morgan fingerprint density at radius 3 is 2.24 bits per heavy atom. The molecule has 0 saturated heterocycles. The molecule has 0 bridgehead atoms. The smallest absolute Gasteiger partial charge is 0.220 e. The molecule has 29 heavy (non-hydrogen) atoms. The average Bonchev–Trinajstić information content (AvgIpc) is 3.08. The number of amides is 1. The highest BCUT2D eigenvalue weighted by molar-refractivity contribution is 5.83. The van der Waals surface area contributed by atoms with Gasteiger partial charge in [0.2, 0.25) is 5.91 Å². The molecule has 3 aromatic rings. The van der Waals surface area contributed by atoms with Gasteiger partial charge in [0.15, 0.2) is 11.5 Å². The van der Waals surface area contributed by atoms with E-state index < -0.39 is 0 Å². The minimum absolute atomic E-state index is 0.0656. The molecule has 0 radical (unpaired) electrons. The highest BCUT2D eigenvalue weighted by Gasteiger charge is 2.28. The molecule has 0 unspecified atom stereocenters. The third kappa shape index (κ3) is 3.46. The number of fused-ring (bicyclic) bond motifs is 4. The average molecular weight is 385 g/mol. The molecular weight excluding hydrogens is 362 g/mol. The Morgan fingerprint density at radius 1 is 0.862 bits per heavy atom. The van der Waals surface area contributed by atoms with Gasteiger partial charge < -0.3 is 14.8 Å². The van der Waals surface area contributed by atoms with E-state index in [-0.39, 0.29) is 11.9 Å². The van der Waals surface area contributed by atoms with Crippen LogP contribution in [0.4, 0.5) is 0 Å². The Labute approximate surface area is 170 Å². The number of aryl methyl sites for hydroxylation is 1. The summed E-state index contributed by atoms with van der Waals surface area (Å²) in [5.41, 5.74) is 5.94. The van der Waals surface area contributed by atoms with E-state index in [0.29, 0.717) is 19.6 Å². The molecule has 0 spiro atoms. The van der Waals surface area contributed by atoms with E-state index in [4.69, 9.17) is 9.47 Å². The molecule has 146 valence electrons. The molecule has 1 aliphatic heterocycles. The van der Waals surface area contributed by atoms with Crippen LogP contribution in [0, 0.1) is 0 Å². The second-order valence-corrected chi connectivity index (χ2v) is 7.51. The Balaban J connectivity index is 1.23. The van der Waals surface area contributed by atoms with E-state index in [1.165, 1.54) is 27.8 Å². The fraction of sp³-hybridized carbons (Fsp3) is 0.240. The number of ether oxygens (including phenoxy) is 2. The van der Waals surface area contributed by atoms with Gasteiger partial charge in [-0.25, -0.2) is 0 Å². The molecule has 4 heteroatoms. The third-order valence-corrected chi connectivity index (χ3v) is 5.61. The van der Waals surface area contributed by atoms with Crippen LogP contribution in [0.25, 0.3) is 11.1 Å². The highest BCUT2D eigenvalue weighted by atomic mass is 16.6. The van der Waals surface area contributed by atoms with Crippen LogP contribution in [0.2, 0.25) is 0 Å². The van der Waals surface area contributed by atoms with E-state index in [9.17, 15) is 4.79 Å². The first-order valence-corrected chi connectivity index (χ1v) is 10.2. The normalized spacial score (nSPS) is 14.2. The number of carbonyl (C=O) groups is 1. The fourth-order valence-electron chi connectivity index (χ4n) is 4.24. The molecule has 1 heterocycles. The number of hydrogen-bond donors (Lipinski definition) is 1. The summed E-state index contributed by atoms with van der Waals surface area (Å²) in [5.74, 6) is 1.69. The van der Waals surface area contributed by atoms with Crippen LogP contribution in [0.3, 0.4) is 0 Å². The predicted octanol–water partition coefficient (Wildman–Crippen LogP) is 4.67. The second-order valence-electron chi connectivity index (χ2n) is 7.51. The minimum Gasteiger partial charge on any atom is -0.486 e. The van der Waals surface area contributed by atoms with Gasteiger partial charge in [0, 0.05) is 6.42 Å². The zero-order valence-electron chi connectivity index (χ0n) is 16.2. The summed E-state index contributed by atoms with van der Waals surface area (Å²) >= 11 is 0. The van der Waals surface area contributed by atoms with Gasteiger partial charge in [0.05, 0.1) is 6.04 Å². The molecule has 1 aliphatic carbocycles. The summed E-state index contributed by atoms with van der Waals surface area (Å²) in [5, 5.41) is 3.24. The van der Waals surface area contributed by atoms with E-state index in [1.54, 1.807) is 0 Å². The quantitative estimate of drug-likeness (QED) is 0.694. The Kier molecular flexibility index (Phi) is 4.68. The third-order valence-electron chi connectivity index (χ3n) is 5.61. The van der Waals surface area contributed by atoms with Gasteiger partial charge >= 0.3 is 0 Å². The van der Waals surface area contributed by atoms with E-state index >= 15 is 0 Å². The van der Waals surface area contributed by atoms with E-state index in [0.717, 1.165) is 24.3 Å². The maximum atomic E-state index is 12.7. The van der Waals surface area contributed by atoms with Crippen molar-refractivity contribution in [2.45, 2.75) is 25.3 Å². The zero-order valence-corrected chi connectivity index (χ0v) is 16.2. The lowest BCUT2D eigenvalue weighted by atomic mass is 10.0. The lowest BCUT2D eigenvalue weighted by Gasteiger charge is -2.19. The second kappa shape index (κ2) is 7.63. The molecule has 0 fully saturated rings. The van der Waals surface area contributed by atoms with Gasteiger partial charge in [-0.2, -0.15) is 0 Å². The highest BCUT2D eigenvalue weighted by Crippen LogP contribution is 2.43. The van der Waals surface area contributed by atoms with Crippen LogP contribution in [-0.2, 0) is 11.2 Å². The minimum atomic E-state index is -0.0656. The lowest BCUT2D eigenvalue weighted by Crippen LogP contribution is -2.27. The Morgan fingerprint density at radius 2 is 1.52 bits per heavy atom. The summed E-state index contributed by atoms with van der Waals surface area (Å²) < 4.78 is 11.2. The first-order valence-electron chi connectivity index (χ1n) is 10.2. The fourth-order valence-corrected chi connectivity index (χ4v) is 4.24. The van der Waals surface area contributed by atoms with Crippen molar-refractivity contribution in [3.63, 3.8) is 0 Å². The summed E-state index contributed by atoms with van der Waals surface area (Å²) in [7, 11) is 0. The maximum Gasteiger partial charge on any atom is 0.220 e. The lowest BCUT2D eigenvalue weighted by molar-refractivity contribution is -0.121. The summed E-state index contributed by atoms with van der Waals surface area (Å²) in [6, 6.07) is 22.6. The molecule has 2 aliphatic rings. The molecule has 0 atom stereocenters. The van der Waals surface area contributed by atoms with Crippen molar-refractivity contribution in [1.82, 2.24) is 5.32 Å². The molecule has 5 rings (SSSR count). The summed E-state index contributed by atoms with van der Waals surface area (Å²) in [6.07, 6.45) is 2.12. The first kappa shape index (κ1) is 17.8. The van der Waals surface area contributed by atoms with E-state index in [2.05, 4.69) is 35.6 Å². The topological polar surface area (TPSA) is 47.6 Å². The van der Waals surface area contributed by atoms with E-state index in [1.807, 2.05) is 36.4 Å². The molecule has 4 nitrogen and oxygen atoms in total. The number of benzene rings is 3. The van der Waals surface area contributed by atoms with Gasteiger partial charge in [-0.05, 0) is 52.8 Å². The standard InChI is InChI=1S/C25H23NO3/c27-24(11-5-6-17-12-13-22-23(16-17)29-15-14-28-22)26-25-20-9-3-1-7-18(20)19-8-2-4-10-21(19)25/h1-4,7-10,12-13,16,25H,5-6,11,14-15H2,(H,26,27). The largest absolute Gasteiger partial charge is 0.486 e. The molecule has 3 aromatic carbocycles. The van der Waals surface area contributed by atoms with Crippen molar-refractivity contribution in [2.75, 3.05) is 13.2 Å². The van der Waals surface area contributed by atoms with Crippen LogP contribution in [0.1, 0.15) is 35.6 Å². The Bertz CT molecular complexity index is 1010. The number of rotatable bonds is 5. The van der Waals surface area contributed by atoms with Crippen molar-refractivity contribution in [2.24, 2.45) is 0 Å². The van der Waals surface area contributed by atoms with Crippen molar-refractivity contribution < 1.29 is 14.3 Å². The van der Waals surface area contributed by atoms with Crippen molar-refractivity contribution in [3.05, 3.63) is 83.4 Å². The monoisotopic (exact) mass is 385 g/mol. The molecule has 1 N–H and O–H groups in total. The molecular formula is C25H23NO3. The Hall–Kier alpha value is -3.27. The van der Waals surface area contributed by atoms with Gasteiger partial charge in [0.1, 0.15) is 13.2 Å². The molecule has 0 aromatic heterocycles. The first-order chi connectivity index (χ1) is 14.3. The SMILES string of the molecule is O=C(CCCc1ccc2c(c1)OCCO2)NC1c2ccccc2-c2ccccc21. The van der Waals surface area contributed by atoms with Crippen LogP contribution >= 0.6 is 0 Å². The number of nitrogens with one attached hydrogen (secondary N) is 1. The zero-order chi connectivity index (χ0) is 19.6. The maximum absolute atomic E-state index is 12.7. The number of carbonyl (C=O) groups excluding carboxylic acids is 1. The summed E-state index contributed by atoms with van der Waals surface area (Å²) in [4.78, 5) is 12.7. The molecule has 1 amide bonds. The van der Waals surface area contributed by atoms with Crippen molar-refractivity contribution >= 4 is 5.91 Å². The van der Waals surface area contributed by atoms with Gasteiger partial charge in [0.25, 0.3) is 0 Å². The number of hydrogen-bond acceptors (Lipinski definition) is 3. The van der Waals surface area contributed by atoms with Crippen LogP contribution in [0.5, 0.6) is 11.5 Å². The van der Waals surface area contributed by atoms with Crippen molar-refractivity contribution in [1.29, 1.82) is 0 Å². The van der Waals surface area contributed by atoms with Crippen LogP contribution < -0.4 is 14.8 Å².